The monoisotopic (exact) mass is 228 g/mol. The van der Waals surface area contributed by atoms with Gasteiger partial charge in [-0.1, -0.05) is 20.3 Å². The van der Waals surface area contributed by atoms with Crippen LogP contribution in [0, 0.1) is 6.92 Å². The summed E-state index contributed by atoms with van der Waals surface area (Å²) in [5.74, 6) is 0. The van der Waals surface area contributed by atoms with Crippen LogP contribution in [0.25, 0.3) is 0 Å². The Morgan fingerprint density at radius 3 is 2.14 bits per heavy atom. The van der Waals surface area contributed by atoms with Crippen LogP contribution in [-0.2, 0) is 23.5 Å². The van der Waals surface area contributed by atoms with Crippen LogP contribution in [0.3, 0.4) is 0 Å². The van der Waals surface area contributed by atoms with E-state index in [1.165, 1.54) is 11.1 Å². The van der Waals surface area contributed by atoms with E-state index in [1.807, 2.05) is 30.3 Å². The van der Waals surface area contributed by atoms with E-state index in [0.29, 0.717) is 0 Å². The standard InChI is InChI=1S/C8H11.C5H5.Fe/c1-3-8-5-4-7(2)6-8;1-2-4-5-3-1;/h4-6H,3H2,1-2H3;1-5H;/q2*-1;+2. The Morgan fingerprint density at radius 1 is 1.29 bits per heavy atom. The minimum absolute atomic E-state index is 0. The Bertz CT molecular complexity index is 286. The van der Waals surface area contributed by atoms with Crippen LogP contribution in [0.15, 0.2) is 48.5 Å². The molecule has 2 aromatic rings. The Hall–Kier alpha value is -0.781. The van der Waals surface area contributed by atoms with Crippen molar-refractivity contribution >= 4 is 0 Å². The zero-order valence-corrected chi connectivity index (χ0v) is 9.78. The molecule has 14 heavy (non-hydrogen) atoms. The van der Waals surface area contributed by atoms with E-state index >= 15 is 0 Å². The average molecular weight is 228 g/mol. The van der Waals surface area contributed by atoms with Gasteiger partial charge in [-0.2, -0.15) is 35.9 Å². The van der Waals surface area contributed by atoms with Crippen molar-refractivity contribution in [2.45, 2.75) is 20.3 Å². The molecule has 0 aromatic heterocycles. The van der Waals surface area contributed by atoms with Gasteiger partial charge < -0.3 is 0 Å². The second kappa shape index (κ2) is 7.61. The fourth-order valence-electron chi connectivity index (χ4n) is 1.17. The van der Waals surface area contributed by atoms with Gasteiger partial charge in [0, 0.05) is 0 Å². The summed E-state index contributed by atoms with van der Waals surface area (Å²) in [6.45, 7) is 4.30. The van der Waals surface area contributed by atoms with Crippen LogP contribution in [0.2, 0.25) is 0 Å². The minimum Gasteiger partial charge on any atom is -0.214 e. The van der Waals surface area contributed by atoms with Gasteiger partial charge in [-0.15, -0.1) is 0 Å². The van der Waals surface area contributed by atoms with E-state index < -0.39 is 0 Å². The molecule has 0 saturated carbocycles. The Labute approximate surface area is 97.2 Å². The third kappa shape index (κ3) is 5.06. The molecule has 0 N–H and O–H groups in total. The summed E-state index contributed by atoms with van der Waals surface area (Å²) in [5, 5.41) is 0. The summed E-state index contributed by atoms with van der Waals surface area (Å²) in [7, 11) is 0. The first-order valence-corrected chi connectivity index (χ1v) is 4.72. The molecule has 0 saturated heterocycles. The molecule has 0 aliphatic rings. The summed E-state index contributed by atoms with van der Waals surface area (Å²) in [6.07, 6.45) is 1.16. The molecule has 0 heterocycles. The van der Waals surface area contributed by atoms with Gasteiger partial charge >= 0.3 is 17.1 Å². The third-order valence-corrected chi connectivity index (χ3v) is 1.94. The summed E-state index contributed by atoms with van der Waals surface area (Å²) in [5.41, 5.74) is 2.82. The van der Waals surface area contributed by atoms with E-state index in [9.17, 15) is 0 Å². The largest absolute Gasteiger partial charge is 2.00 e. The van der Waals surface area contributed by atoms with Gasteiger partial charge in [0.15, 0.2) is 0 Å². The van der Waals surface area contributed by atoms with Gasteiger partial charge in [0.25, 0.3) is 0 Å². The van der Waals surface area contributed by atoms with E-state index in [2.05, 4.69) is 32.0 Å². The molecule has 76 valence electrons. The summed E-state index contributed by atoms with van der Waals surface area (Å²) >= 11 is 0. The van der Waals surface area contributed by atoms with Crippen molar-refractivity contribution in [2.75, 3.05) is 0 Å². The van der Waals surface area contributed by atoms with Gasteiger partial charge in [-0.05, 0) is 0 Å². The molecule has 0 nitrogen and oxygen atoms in total. The van der Waals surface area contributed by atoms with Crippen molar-refractivity contribution < 1.29 is 17.1 Å². The second-order valence-corrected chi connectivity index (χ2v) is 3.11. The van der Waals surface area contributed by atoms with Crippen molar-refractivity contribution in [1.82, 2.24) is 0 Å². The van der Waals surface area contributed by atoms with E-state index in [4.69, 9.17) is 0 Å². The quantitative estimate of drug-likeness (QED) is 0.516. The maximum atomic E-state index is 2.22. The first-order valence-electron chi connectivity index (χ1n) is 4.72. The van der Waals surface area contributed by atoms with Crippen LogP contribution in [-0.4, -0.2) is 0 Å². The maximum Gasteiger partial charge on any atom is 2.00 e. The molecule has 0 bridgehead atoms. The molecular weight excluding hydrogens is 212 g/mol. The van der Waals surface area contributed by atoms with Crippen molar-refractivity contribution in [3.63, 3.8) is 0 Å². The van der Waals surface area contributed by atoms with Crippen LogP contribution in [0.5, 0.6) is 0 Å². The van der Waals surface area contributed by atoms with Crippen LogP contribution in [0.4, 0.5) is 0 Å². The molecule has 1 heteroatoms. The predicted octanol–water partition coefficient (Wildman–Crippen LogP) is 3.68. The molecule has 2 aromatic carbocycles. The number of hydrogen-bond donors (Lipinski definition) is 0. The number of aryl methyl sites for hydroxylation is 2. The topological polar surface area (TPSA) is 0 Å². The van der Waals surface area contributed by atoms with Crippen LogP contribution >= 0.6 is 0 Å². The molecule has 0 radical (unpaired) electrons. The molecule has 0 spiro atoms. The molecule has 0 unspecified atom stereocenters. The fraction of sp³-hybridized carbons (Fsp3) is 0.231. The van der Waals surface area contributed by atoms with Crippen molar-refractivity contribution in [3.05, 3.63) is 59.7 Å². The minimum atomic E-state index is 0. The number of rotatable bonds is 1. The van der Waals surface area contributed by atoms with Gasteiger partial charge in [-0.3, -0.25) is 0 Å². The van der Waals surface area contributed by atoms with Crippen molar-refractivity contribution in [2.24, 2.45) is 0 Å². The molecule has 0 aliphatic carbocycles. The van der Waals surface area contributed by atoms with Gasteiger partial charge in [0.1, 0.15) is 0 Å². The van der Waals surface area contributed by atoms with Gasteiger partial charge in [0.2, 0.25) is 0 Å². The summed E-state index contributed by atoms with van der Waals surface area (Å²) < 4.78 is 0. The predicted molar refractivity (Wildman–Crippen MR) is 58.2 cm³/mol. The SMILES string of the molecule is CC[c-]1ccc(C)c1.[Fe+2].c1cc[cH-]c1. The summed E-state index contributed by atoms with van der Waals surface area (Å²) in [6, 6.07) is 16.5. The molecule has 0 aliphatic heterocycles. The Morgan fingerprint density at radius 2 is 1.93 bits per heavy atom. The summed E-state index contributed by atoms with van der Waals surface area (Å²) in [4.78, 5) is 0. The third-order valence-electron chi connectivity index (χ3n) is 1.94. The van der Waals surface area contributed by atoms with Gasteiger partial charge in [-0.25, -0.2) is 23.8 Å². The molecular formula is C13H16Fe. The van der Waals surface area contributed by atoms with E-state index in [1.54, 1.807) is 0 Å². The van der Waals surface area contributed by atoms with E-state index in [-0.39, 0.29) is 17.1 Å². The first-order chi connectivity index (χ1) is 6.33. The Kier molecular flexibility index (Phi) is 7.18. The van der Waals surface area contributed by atoms with Crippen molar-refractivity contribution in [1.29, 1.82) is 0 Å². The van der Waals surface area contributed by atoms with E-state index in [0.717, 1.165) is 6.42 Å². The molecule has 2 rings (SSSR count). The zero-order valence-electron chi connectivity index (χ0n) is 8.68. The van der Waals surface area contributed by atoms with Gasteiger partial charge in [0.05, 0.1) is 0 Å². The zero-order chi connectivity index (χ0) is 9.52. The first kappa shape index (κ1) is 13.2. The average Bonchev–Trinajstić information content (AvgIpc) is 2.76. The van der Waals surface area contributed by atoms with Crippen LogP contribution < -0.4 is 0 Å². The molecule has 0 amide bonds. The fourth-order valence-corrected chi connectivity index (χ4v) is 1.17. The molecule has 0 atom stereocenters. The maximum absolute atomic E-state index is 2.22. The van der Waals surface area contributed by atoms with Crippen molar-refractivity contribution in [3.8, 4) is 0 Å². The molecule has 0 fully saturated rings. The number of hydrogen-bond acceptors (Lipinski definition) is 0. The normalized spacial score (nSPS) is 8.43. The van der Waals surface area contributed by atoms with Crippen LogP contribution in [0.1, 0.15) is 18.1 Å². The smallest absolute Gasteiger partial charge is 0.214 e. The second-order valence-electron chi connectivity index (χ2n) is 3.11. The Balaban J connectivity index is 0.000000246.